The van der Waals surface area contributed by atoms with E-state index in [0.717, 1.165) is 6.07 Å². The highest BCUT2D eigenvalue weighted by atomic mass is 19.2. The zero-order valence-electron chi connectivity index (χ0n) is 10.5. The molecule has 0 saturated heterocycles. The van der Waals surface area contributed by atoms with Crippen LogP contribution in [0.2, 0.25) is 0 Å². The molecule has 2 N–H and O–H groups in total. The van der Waals surface area contributed by atoms with Gasteiger partial charge in [-0.15, -0.1) is 0 Å². The number of aryl methyl sites for hydroxylation is 1. The normalized spacial score (nSPS) is 11.2. The average molecular weight is 251 g/mol. The number of imidazole rings is 1. The van der Waals surface area contributed by atoms with Crippen molar-refractivity contribution < 1.29 is 8.78 Å². The monoisotopic (exact) mass is 251 g/mol. The van der Waals surface area contributed by atoms with Gasteiger partial charge < -0.3 is 10.3 Å². The second kappa shape index (κ2) is 4.40. The van der Waals surface area contributed by atoms with E-state index in [0.29, 0.717) is 17.3 Å². The van der Waals surface area contributed by atoms with E-state index in [2.05, 4.69) is 4.98 Å². The Morgan fingerprint density at radius 2 is 1.94 bits per heavy atom. The lowest BCUT2D eigenvalue weighted by atomic mass is 10.1. The van der Waals surface area contributed by atoms with Gasteiger partial charge in [-0.3, -0.25) is 0 Å². The molecule has 18 heavy (non-hydrogen) atoms. The summed E-state index contributed by atoms with van der Waals surface area (Å²) in [6.07, 6.45) is 0. The highest BCUT2D eigenvalue weighted by Gasteiger charge is 2.19. The number of halogens is 2. The molecule has 0 aliphatic heterocycles. The zero-order valence-corrected chi connectivity index (χ0v) is 10.5. The van der Waals surface area contributed by atoms with Gasteiger partial charge in [-0.1, -0.05) is 6.07 Å². The predicted molar refractivity (Wildman–Crippen MR) is 67.1 cm³/mol. The SMILES string of the molecule is Cc1nc(-c2cccc(F)c2F)c(N)n1C(C)C. The van der Waals surface area contributed by atoms with Crippen LogP contribution in [0.5, 0.6) is 0 Å². The molecule has 3 nitrogen and oxygen atoms in total. The Balaban J connectivity index is 2.66. The summed E-state index contributed by atoms with van der Waals surface area (Å²) in [7, 11) is 0. The van der Waals surface area contributed by atoms with Crippen LogP contribution in [0.15, 0.2) is 18.2 Å². The fourth-order valence-corrected chi connectivity index (χ4v) is 2.10. The van der Waals surface area contributed by atoms with Gasteiger partial charge in [-0.2, -0.15) is 0 Å². The molecule has 0 spiro atoms. The molecule has 0 aliphatic carbocycles. The van der Waals surface area contributed by atoms with Gasteiger partial charge in [-0.25, -0.2) is 13.8 Å². The Kier molecular flexibility index (Phi) is 3.07. The van der Waals surface area contributed by atoms with E-state index in [-0.39, 0.29) is 11.6 Å². The van der Waals surface area contributed by atoms with Gasteiger partial charge in [0, 0.05) is 11.6 Å². The summed E-state index contributed by atoms with van der Waals surface area (Å²) in [4.78, 5) is 4.23. The number of nitrogens with two attached hydrogens (primary N) is 1. The summed E-state index contributed by atoms with van der Waals surface area (Å²) in [5.74, 6) is -0.783. The number of benzene rings is 1. The van der Waals surface area contributed by atoms with E-state index in [1.165, 1.54) is 12.1 Å². The Bertz CT molecular complexity index is 588. The van der Waals surface area contributed by atoms with Crippen LogP contribution < -0.4 is 5.73 Å². The Hall–Kier alpha value is -1.91. The molecule has 0 unspecified atom stereocenters. The minimum atomic E-state index is -0.919. The Morgan fingerprint density at radius 1 is 1.28 bits per heavy atom. The third kappa shape index (κ3) is 1.85. The molecular formula is C13H15F2N3. The smallest absolute Gasteiger partial charge is 0.168 e. The molecule has 0 amide bonds. The number of hydrogen-bond donors (Lipinski definition) is 1. The maximum absolute atomic E-state index is 13.7. The maximum atomic E-state index is 13.7. The van der Waals surface area contributed by atoms with Crippen LogP contribution in [0.3, 0.4) is 0 Å². The van der Waals surface area contributed by atoms with Crippen molar-refractivity contribution in [2.75, 3.05) is 5.73 Å². The summed E-state index contributed by atoms with van der Waals surface area (Å²) >= 11 is 0. The largest absolute Gasteiger partial charge is 0.383 e. The van der Waals surface area contributed by atoms with Crippen LogP contribution in [0, 0.1) is 18.6 Å². The molecule has 2 rings (SSSR count). The minimum Gasteiger partial charge on any atom is -0.383 e. The lowest BCUT2D eigenvalue weighted by molar-refractivity contribution is 0.511. The van der Waals surface area contributed by atoms with Crippen molar-refractivity contribution >= 4 is 5.82 Å². The van der Waals surface area contributed by atoms with Crippen LogP contribution in [0.25, 0.3) is 11.3 Å². The van der Waals surface area contributed by atoms with Crippen molar-refractivity contribution in [3.05, 3.63) is 35.7 Å². The minimum absolute atomic E-state index is 0.0926. The van der Waals surface area contributed by atoms with Crippen molar-refractivity contribution in [1.82, 2.24) is 9.55 Å². The first kappa shape index (κ1) is 12.5. The van der Waals surface area contributed by atoms with Gasteiger partial charge in [0.05, 0.1) is 0 Å². The van der Waals surface area contributed by atoms with Crippen molar-refractivity contribution in [3.8, 4) is 11.3 Å². The first-order chi connectivity index (χ1) is 8.43. The van der Waals surface area contributed by atoms with Gasteiger partial charge in [0.2, 0.25) is 0 Å². The molecule has 1 aromatic heterocycles. The number of nitrogens with zero attached hydrogens (tertiary/aromatic N) is 2. The van der Waals surface area contributed by atoms with Crippen molar-refractivity contribution in [2.45, 2.75) is 26.8 Å². The van der Waals surface area contributed by atoms with Crippen LogP contribution in [0.1, 0.15) is 25.7 Å². The topological polar surface area (TPSA) is 43.8 Å². The first-order valence-corrected chi connectivity index (χ1v) is 5.72. The molecule has 0 saturated carbocycles. The van der Waals surface area contributed by atoms with Gasteiger partial charge in [-0.05, 0) is 32.9 Å². The van der Waals surface area contributed by atoms with Crippen LogP contribution in [0.4, 0.5) is 14.6 Å². The molecule has 0 bridgehead atoms. The summed E-state index contributed by atoms with van der Waals surface area (Å²) in [5.41, 5.74) is 6.35. The lowest BCUT2D eigenvalue weighted by Gasteiger charge is -2.11. The molecule has 0 radical (unpaired) electrons. The number of rotatable bonds is 2. The maximum Gasteiger partial charge on any atom is 0.168 e. The van der Waals surface area contributed by atoms with E-state index in [9.17, 15) is 8.78 Å². The average Bonchev–Trinajstić information content (AvgIpc) is 2.58. The summed E-state index contributed by atoms with van der Waals surface area (Å²) < 4.78 is 28.7. The van der Waals surface area contributed by atoms with Gasteiger partial charge in [0.25, 0.3) is 0 Å². The summed E-state index contributed by atoms with van der Waals surface area (Å²) in [5, 5.41) is 0. The van der Waals surface area contributed by atoms with Crippen molar-refractivity contribution in [3.63, 3.8) is 0 Å². The molecule has 0 atom stereocenters. The molecule has 0 aliphatic rings. The van der Waals surface area contributed by atoms with Crippen LogP contribution in [-0.4, -0.2) is 9.55 Å². The molecule has 0 fully saturated rings. The summed E-state index contributed by atoms with van der Waals surface area (Å²) in [6, 6.07) is 4.10. The standard InChI is InChI=1S/C13H15F2N3/c1-7(2)18-8(3)17-12(13(18)16)9-5-4-6-10(14)11(9)15/h4-7H,16H2,1-3H3. The Morgan fingerprint density at radius 3 is 2.50 bits per heavy atom. The lowest BCUT2D eigenvalue weighted by Crippen LogP contribution is -2.07. The molecule has 96 valence electrons. The molecule has 5 heteroatoms. The highest BCUT2D eigenvalue weighted by molar-refractivity contribution is 5.71. The number of hydrogen-bond acceptors (Lipinski definition) is 2. The van der Waals surface area contributed by atoms with Gasteiger partial charge in [0.1, 0.15) is 17.3 Å². The van der Waals surface area contributed by atoms with Crippen molar-refractivity contribution in [1.29, 1.82) is 0 Å². The van der Waals surface area contributed by atoms with E-state index in [1.807, 2.05) is 13.8 Å². The Labute approximate surface area is 104 Å². The molecular weight excluding hydrogens is 236 g/mol. The quantitative estimate of drug-likeness (QED) is 0.890. The third-order valence-corrected chi connectivity index (χ3v) is 2.85. The van der Waals surface area contributed by atoms with E-state index >= 15 is 0 Å². The number of aromatic nitrogens is 2. The molecule has 2 aromatic rings. The fraction of sp³-hybridized carbons (Fsp3) is 0.308. The third-order valence-electron chi connectivity index (χ3n) is 2.85. The number of anilines is 1. The summed E-state index contributed by atoms with van der Waals surface area (Å²) in [6.45, 7) is 5.70. The van der Waals surface area contributed by atoms with E-state index < -0.39 is 11.6 Å². The van der Waals surface area contributed by atoms with E-state index in [1.54, 1.807) is 11.5 Å². The number of nitrogen functional groups attached to an aromatic ring is 1. The fourth-order valence-electron chi connectivity index (χ4n) is 2.10. The molecule has 1 aromatic carbocycles. The van der Waals surface area contributed by atoms with Crippen LogP contribution in [-0.2, 0) is 0 Å². The van der Waals surface area contributed by atoms with Gasteiger partial charge >= 0.3 is 0 Å². The second-order valence-electron chi connectivity index (χ2n) is 4.46. The van der Waals surface area contributed by atoms with Crippen molar-refractivity contribution in [2.24, 2.45) is 0 Å². The highest BCUT2D eigenvalue weighted by Crippen LogP contribution is 2.31. The second-order valence-corrected chi connectivity index (χ2v) is 4.46. The predicted octanol–water partition coefficient (Wildman–Crippen LogP) is 3.30. The van der Waals surface area contributed by atoms with Crippen LogP contribution >= 0.6 is 0 Å². The van der Waals surface area contributed by atoms with E-state index in [4.69, 9.17) is 5.73 Å². The first-order valence-electron chi connectivity index (χ1n) is 5.72. The zero-order chi connectivity index (χ0) is 13.4. The molecule has 1 heterocycles. The van der Waals surface area contributed by atoms with Gasteiger partial charge in [0.15, 0.2) is 11.6 Å².